The molecule has 0 radical (unpaired) electrons. The molecule has 0 aromatic heterocycles. The average Bonchev–Trinajstić information content (AvgIpc) is 2.80. The van der Waals surface area contributed by atoms with E-state index in [2.05, 4.69) is 10.2 Å². The van der Waals surface area contributed by atoms with Gasteiger partial charge in [-0.1, -0.05) is 18.2 Å². The molecule has 0 aliphatic carbocycles. The fourth-order valence-corrected chi connectivity index (χ4v) is 4.00. The number of carbonyl (C=O) groups excluding carboxylic acids is 3. The second-order valence-electron chi connectivity index (χ2n) is 8.19. The molecule has 170 valence electrons. The molecule has 1 aliphatic rings. The molecule has 3 N–H and O–H groups in total. The lowest BCUT2D eigenvalue weighted by Crippen LogP contribution is -2.40. The Labute approximate surface area is 188 Å². The van der Waals surface area contributed by atoms with Crippen LogP contribution < -0.4 is 15.8 Å². The van der Waals surface area contributed by atoms with E-state index in [0.29, 0.717) is 37.2 Å². The van der Waals surface area contributed by atoms with Crippen LogP contribution in [0, 0.1) is 5.92 Å². The van der Waals surface area contributed by atoms with E-state index >= 15 is 0 Å². The summed E-state index contributed by atoms with van der Waals surface area (Å²) in [4.78, 5) is 38.6. The van der Waals surface area contributed by atoms with Gasteiger partial charge in [0.05, 0.1) is 13.0 Å². The van der Waals surface area contributed by atoms with Crippen molar-refractivity contribution >= 4 is 23.3 Å². The molecule has 2 aromatic carbocycles. The number of carbonyl (C=O) groups is 3. The van der Waals surface area contributed by atoms with Crippen LogP contribution in [0.3, 0.4) is 0 Å². The Bertz CT molecular complexity index is 942. The Morgan fingerprint density at radius 1 is 1.09 bits per heavy atom. The minimum atomic E-state index is -0.250. The highest BCUT2D eigenvalue weighted by Gasteiger charge is 2.24. The summed E-state index contributed by atoms with van der Waals surface area (Å²) in [5.41, 5.74) is 7.87. The van der Waals surface area contributed by atoms with Gasteiger partial charge in [-0.15, -0.1) is 0 Å². The van der Waals surface area contributed by atoms with Crippen LogP contribution >= 0.6 is 0 Å². The molecule has 2 aromatic rings. The van der Waals surface area contributed by atoms with Crippen molar-refractivity contribution in [2.75, 3.05) is 25.5 Å². The van der Waals surface area contributed by atoms with Crippen LogP contribution in [0.2, 0.25) is 0 Å². The maximum absolute atomic E-state index is 12.5. The highest BCUT2D eigenvalue weighted by Crippen LogP contribution is 2.22. The smallest absolute Gasteiger partial charge is 0.224 e. The molecule has 1 heterocycles. The first-order chi connectivity index (χ1) is 15.5. The number of Topliss-reactive ketones (excluding diaryl/α,β-unsaturated/α-hetero) is 1. The van der Waals surface area contributed by atoms with E-state index in [1.807, 2.05) is 24.3 Å². The first-order valence-corrected chi connectivity index (χ1v) is 11.0. The number of ketones is 1. The quantitative estimate of drug-likeness (QED) is 0.555. The number of piperidine rings is 1. The third-order valence-electron chi connectivity index (χ3n) is 5.81. The molecule has 7 nitrogen and oxygen atoms in total. The van der Waals surface area contributed by atoms with Crippen molar-refractivity contribution in [3.05, 3.63) is 59.7 Å². The van der Waals surface area contributed by atoms with Gasteiger partial charge in [-0.3, -0.25) is 19.3 Å². The highest BCUT2D eigenvalue weighted by molar-refractivity contribution is 5.97. The van der Waals surface area contributed by atoms with Gasteiger partial charge in [0.25, 0.3) is 0 Å². The molecule has 0 spiro atoms. The van der Waals surface area contributed by atoms with E-state index in [9.17, 15) is 14.4 Å². The molecule has 3 rings (SSSR count). The van der Waals surface area contributed by atoms with E-state index in [4.69, 9.17) is 10.5 Å². The van der Waals surface area contributed by atoms with Gasteiger partial charge in [0.1, 0.15) is 5.75 Å². The predicted molar refractivity (Wildman–Crippen MR) is 123 cm³/mol. The number of hydrogen-bond donors (Lipinski definition) is 2. The Kier molecular flexibility index (Phi) is 8.39. The lowest BCUT2D eigenvalue weighted by molar-refractivity contribution is -0.123. The molecule has 1 aliphatic heterocycles. The number of nitrogens with one attached hydrogen (secondary N) is 1. The van der Waals surface area contributed by atoms with Crippen LogP contribution in [0.5, 0.6) is 5.75 Å². The van der Waals surface area contributed by atoms with Gasteiger partial charge in [-0.25, -0.2) is 0 Å². The maximum atomic E-state index is 12.5. The first-order valence-electron chi connectivity index (χ1n) is 11.0. The van der Waals surface area contributed by atoms with Crippen LogP contribution in [0.4, 0.5) is 5.69 Å². The molecule has 1 atom stereocenters. The van der Waals surface area contributed by atoms with Crippen molar-refractivity contribution in [3.63, 3.8) is 0 Å². The summed E-state index contributed by atoms with van der Waals surface area (Å²) < 4.78 is 5.10. The van der Waals surface area contributed by atoms with Crippen molar-refractivity contribution in [1.82, 2.24) is 4.90 Å². The third kappa shape index (κ3) is 6.65. The Morgan fingerprint density at radius 2 is 1.84 bits per heavy atom. The van der Waals surface area contributed by atoms with Crippen LogP contribution in [-0.2, 0) is 16.1 Å². The van der Waals surface area contributed by atoms with Crippen LogP contribution in [0.1, 0.15) is 48.0 Å². The molecule has 1 saturated heterocycles. The van der Waals surface area contributed by atoms with Crippen molar-refractivity contribution < 1.29 is 19.1 Å². The number of primary amides is 1. The zero-order chi connectivity index (χ0) is 22.9. The number of methoxy groups -OCH3 is 1. The fourth-order valence-electron chi connectivity index (χ4n) is 4.00. The molecule has 1 unspecified atom stereocenters. The Hall–Kier alpha value is -3.19. The van der Waals surface area contributed by atoms with Crippen LogP contribution in [0.25, 0.3) is 0 Å². The topological polar surface area (TPSA) is 102 Å². The normalized spacial score (nSPS) is 16.3. The van der Waals surface area contributed by atoms with E-state index in [0.717, 1.165) is 30.6 Å². The molecule has 0 saturated carbocycles. The van der Waals surface area contributed by atoms with Gasteiger partial charge in [0, 0.05) is 37.2 Å². The van der Waals surface area contributed by atoms with Crippen LogP contribution in [0.15, 0.2) is 48.5 Å². The predicted octanol–water partition coefficient (Wildman–Crippen LogP) is 3.38. The standard InChI is InChI=1S/C25H31N3O4/c1-32-21-13-11-18(12-14-21)23(29)9-4-10-24(30)27-22-8-3-2-6-19(22)16-28-15-5-7-20(17-28)25(26)31/h2-3,6,8,11-14,20H,4-5,7,9-10,15-17H2,1H3,(H2,26,31)(H,27,30). The number of para-hydroxylation sites is 1. The van der Waals surface area contributed by atoms with Crippen LogP contribution in [-0.4, -0.2) is 42.7 Å². The second kappa shape index (κ2) is 11.4. The fraction of sp³-hybridized carbons (Fsp3) is 0.400. The van der Waals surface area contributed by atoms with E-state index in [1.165, 1.54) is 0 Å². The molecule has 2 amide bonds. The minimum absolute atomic E-state index is 0.00922. The minimum Gasteiger partial charge on any atom is -0.497 e. The molecular weight excluding hydrogens is 406 g/mol. The highest BCUT2D eigenvalue weighted by atomic mass is 16.5. The molecule has 0 bridgehead atoms. The van der Waals surface area contributed by atoms with Crippen molar-refractivity contribution in [2.24, 2.45) is 11.7 Å². The summed E-state index contributed by atoms with van der Waals surface area (Å²) in [6.07, 6.45) is 2.82. The van der Waals surface area contributed by atoms with Gasteiger partial charge in [-0.05, 0) is 61.7 Å². The molecule has 1 fully saturated rings. The second-order valence-corrected chi connectivity index (χ2v) is 8.19. The number of benzene rings is 2. The summed E-state index contributed by atoms with van der Waals surface area (Å²) in [6.45, 7) is 2.20. The zero-order valence-electron chi connectivity index (χ0n) is 18.5. The number of nitrogens with two attached hydrogens (primary N) is 1. The third-order valence-corrected chi connectivity index (χ3v) is 5.81. The number of ether oxygens (including phenoxy) is 1. The van der Waals surface area contributed by atoms with Crippen molar-refractivity contribution in [3.8, 4) is 5.75 Å². The molecule has 32 heavy (non-hydrogen) atoms. The molecular formula is C25H31N3O4. The summed E-state index contributed by atoms with van der Waals surface area (Å²) in [6, 6.07) is 14.7. The number of nitrogens with zero attached hydrogens (tertiary/aromatic N) is 1. The number of rotatable bonds is 10. The first kappa shape index (κ1) is 23.5. The van der Waals surface area contributed by atoms with Gasteiger partial charge in [-0.2, -0.15) is 0 Å². The zero-order valence-corrected chi connectivity index (χ0v) is 18.5. The molecule has 7 heteroatoms. The monoisotopic (exact) mass is 437 g/mol. The van der Waals surface area contributed by atoms with E-state index < -0.39 is 0 Å². The number of likely N-dealkylation sites (tertiary alicyclic amines) is 1. The largest absolute Gasteiger partial charge is 0.497 e. The van der Waals surface area contributed by atoms with Gasteiger partial charge in [0.15, 0.2) is 5.78 Å². The summed E-state index contributed by atoms with van der Waals surface area (Å²) in [5.74, 6) is 0.229. The lowest BCUT2D eigenvalue weighted by Gasteiger charge is -2.31. The van der Waals surface area contributed by atoms with Crippen molar-refractivity contribution in [1.29, 1.82) is 0 Å². The summed E-state index contributed by atoms with van der Waals surface area (Å²) >= 11 is 0. The summed E-state index contributed by atoms with van der Waals surface area (Å²) in [7, 11) is 1.58. The van der Waals surface area contributed by atoms with E-state index in [-0.39, 0.29) is 29.9 Å². The van der Waals surface area contributed by atoms with Gasteiger partial charge >= 0.3 is 0 Å². The average molecular weight is 438 g/mol. The van der Waals surface area contributed by atoms with Gasteiger partial charge < -0.3 is 15.8 Å². The lowest BCUT2D eigenvalue weighted by atomic mass is 9.97. The number of hydrogen-bond acceptors (Lipinski definition) is 5. The SMILES string of the molecule is COc1ccc(C(=O)CCCC(=O)Nc2ccccc2CN2CCCC(C(N)=O)C2)cc1. The number of amides is 2. The van der Waals surface area contributed by atoms with E-state index in [1.54, 1.807) is 31.4 Å². The van der Waals surface area contributed by atoms with Crippen molar-refractivity contribution in [2.45, 2.75) is 38.6 Å². The van der Waals surface area contributed by atoms with Gasteiger partial charge in [0.2, 0.25) is 11.8 Å². The summed E-state index contributed by atoms with van der Waals surface area (Å²) in [5, 5.41) is 2.98. The maximum Gasteiger partial charge on any atom is 0.224 e. The number of anilines is 1. The Morgan fingerprint density at radius 3 is 2.56 bits per heavy atom. The Balaban J connectivity index is 1.49.